The van der Waals surface area contributed by atoms with E-state index in [9.17, 15) is 13.2 Å². The van der Waals surface area contributed by atoms with Gasteiger partial charge < -0.3 is 0 Å². The molecule has 0 heterocycles. The van der Waals surface area contributed by atoms with E-state index in [4.69, 9.17) is 0 Å². The van der Waals surface area contributed by atoms with E-state index in [1.54, 1.807) is 13.0 Å². The predicted octanol–water partition coefficient (Wildman–Crippen LogP) is 4.35. The number of alkyl halides is 3. The average Bonchev–Trinajstić information content (AvgIpc) is 2.11. The monoisotopic (exact) mass is 204 g/mol. The lowest BCUT2D eigenvalue weighted by Crippen LogP contribution is -2.07. The summed E-state index contributed by atoms with van der Waals surface area (Å²) in [5.41, 5.74) is 0.442. The van der Waals surface area contributed by atoms with Crippen LogP contribution in [0.25, 0.3) is 0 Å². The molecule has 0 aliphatic rings. The molecule has 0 aliphatic heterocycles. The van der Waals surface area contributed by atoms with Crippen molar-refractivity contribution >= 4 is 0 Å². The SMILES string of the molecule is CC.Cc1cccc(C(F)(F)F)c1C. The van der Waals surface area contributed by atoms with Gasteiger partial charge in [0.15, 0.2) is 0 Å². The fourth-order valence-corrected chi connectivity index (χ4v) is 1.06. The van der Waals surface area contributed by atoms with Crippen LogP contribution in [-0.2, 0) is 6.18 Å². The lowest BCUT2D eigenvalue weighted by Gasteiger charge is -2.11. The Bertz CT molecular complexity index is 287. The van der Waals surface area contributed by atoms with Gasteiger partial charge in [0.25, 0.3) is 0 Å². The van der Waals surface area contributed by atoms with Gasteiger partial charge in [0.05, 0.1) is 5.56 Å². The standard InChI is InChI=1S/C9H9F3.C2H6/c1-6-4-3-5-8(7(6)2)9(10,11)12;1-2/h3-5H,1-2H3;1-2H3. The highest BCUT2D eigenvalue weighted by Crippen LogP contribution is 2.32. The Hall–Kier alpha value is -0.990. The first-order valence-corrected chi connectivity index (χ1v) is 4.56. The van der Waals surface area contributed by atoms with E-state index in [-0.39, 0.29) is 0 Å². The zero-order valence-electron chi connectivity index (χ0n) is 8.87. The topological polar surface area (TPSA) is 0 Å². The van der Waals surface area contributed by atoms with Crippen molar-refractivity contribution in [3.63, 3.8) is 0 Å². The summed E-state index contributed by atoms with van der Waals surface area (Å²) in [7, 11) is 0. The lowest BCUT2D eigenvalue weighted by atomic mass is 10.0. The van der Waals surface area contributed by atoms with Crippen LogP contribution in [0, 0.1) is 13.8 Å². The predicted molar refractivity (Wildman–Crippen MR) is 52.3 cm³/mol. The van der Waals surface area contributed by atoms with Crippen molar-refractivity contribution in [3.8, 4) is 0 Å². The molecule has 0 radical (unpaired) electrons. The number of hydrogen-bond acceptors (Lipinski definition) is 0. The van der Waals surface area contributed by atoms with Gasteiger partial charge >= 0.3 is 6.18 Å². The third kappa shape index (κ3) is 3.05. The van der Waals surface area contributed by atoms with E-state index in [2.05, 4.69) is 0 Å². The van der Waals surface area contributed by atoms with Crippen LogP contribution in [0.15, 0.2) is 18.2 Å². The van der Waals surface area contributed by atoms with Crippen LogP contribution in [-0.4, -0.2) is 0 Å². The van der Waals surface area contributed by atoms with Gasteiger partial charge in [0.1, 0.15) is 0 Å². The first kappa shape index (κ1) is 13.0. The number of benzene rings is 1. The highest BCUT2D eigenvalue weighted by atomic mass is 19.4. The molecule has 0 fully saturated rings. The second-order valence-electron chi connectivity index (χ2n) is 2.75. The lowest BCUT2D eigenvalue weighted by molar-refractivity contribution is -0.138. The zero-order chi connectivity index (χ0) is 11.4. The Morgan fingerprint density at radius 3 is 1.86 bits per heavy atom. The Kier molecular flexibility index (Phi) is 4.68. The second kappa shape index (κ2) is 5.03. The zero-order valence-corrected chi connectivity index (χ0v) is 8.87. The fraction of sp³-hybridized carbons (Fsp3) is 0.455. The Morgan fingerprint density at radius 2 is 1.50 bits per heavy atom. The molecule has 0 spiro atoms. The second-order valence-corrected chi connectivity index (χ2v) is 2.75. The molecule has 80 valence electrons. The first-order chi connectivity index (χ1) is 6.43. The Balaban J connectivity index is 0.000000791. The van der Waals surface area contributed by atoms with E-state index >= 15 is 0 Å². The van der Waals surface area contributed by atoms with E-state index in [0.717, 1.165) is 6.07 Å². The van der Waals surface area contributed by atoms with Crippen LogP contribution in [0.5, 0.6) is 0 Å². The molecule has 0 unspecified atom stereocenters. The van der Waals surface area contributed by atoms with Crippen LogP contribution in [0.3, 0.4) is 0 Å². The molecule has 14 heavy (non-hydrogen) atoms. The molecule has 0 amide bonds. The van der Waals surface area contributed by atoms with Crippen molar-refractivity contribution < 1.29 is 13.2 Å². The largest absolute Gasteiger partial charge is 0.416 e. The van der Waals surface area contributed by atoms with E-state index in [1.807, 2.05) is 13.8 Å². The molecule has 1 aromatic rings. The van der Waals surface area contributed by atoms with Crippen LogP contribution in [0.4, 0.5) is 13.2 Å². The summed E-state index contributed by atoms with van der Waals surface area (Å²) >= 11 is 0. The molecule has 1 aromatic carbocycles. The molecule has 0 bridgehead atoms. The summed E-state index contributed by atoms with van der Waals surface area (Å²) in [4.78, 5) is 0. The molecule has 0 nitrogen and oxygen atoms in total. The normalized spacial score (nSPS) is 10.5. The summed E-state index contributed by atoms with van der Waals surface area (Å²) in [6.45, 7) is 7.16. The van der Waals surface area contributed by atoms with Crippen molar-refractivity contribution in [1.82, 2.24) is 0 Å². The average molecular weight is 204 g/mol. The minimum Gasteiger partial charge on any atom is -0.166 e. The molecule has 3 heteroatoms. The van der Waals surface area contributed by atoms with Gasteiger partial charge in [-0.3, -0.25) is 0 Å². The number of hydrogen-bond donors (Lipinski definition) is 0. The van der Waals surface area contributed by atoms with Gasteiger partial charge in [-0.15, -0.1) is 0 Å². The maximum Gasteiger partial charge on any atom is 0.416 e. The van der Waals surface area contributed by atoms with Crippen molar-refractivity contribution in [2.75, 3.05) is 0 Å². The summed E-state index contributed by atoms with van der Waals surface area (Å²) < 4.78 is 36.7. The highest BCUT2D eigenvalue weighted by molar-refractivity contribution is 5.34. The molecular formula is C11H15F3. The molecule has 0 atom stereocenters. The van der Waals surface area contributed by atoms with E-state index < -0.39 is 11.7 Å². The van der Waals surface area contributed by atoms with Crippen LogP contribution >= 0.6 is 0 Å². The molecule has 0 saturated carbocycles. The Labute approximate surface area is 82.8 Å². The number of halogens is 3. The van der Waals surface area contributed by atoms with Crippen molar-refractivity contribution in [1.29, 1.82) is 0 Å². The highest BCUT2D eigenvalue weighted by Gasteiger charge is 2.32. The first-order valence-electron chi connectivity index (χ1n) is 4.56. The van der Waals surface area contributed by atoms with Crippen molar-refractivity contribution in [2.45, 2.75) is 33.9 Å². The smallest absolute Gasteiger partial charge is 0.166 e. The van der Waals surface area contributed by atoms with Crippen LogP contribution in [0.1, 0.15) is 30.5 Å². The third-order valence-corrected chi connectivity index (χ3v) is 1.91. The minimum atomic E-state index is -4.23. The molecule has 0 N–H and O–H groups in total. The summed E-state index contributed by atoms with van der Waals surface area (Å²) in [6, 6.07) is 4.19. The maximum atomic E-state index is 12.2. The quantitative estimate of drug-likeness (QED) is 0.589. The number of aryl methyl sites for hydroxylation is 1. The van der Waals surface area contributed by atoms with Crippen LogP contribution < -0.4 is 0 Å². The molecule has 0 saturated heterocycles. The van der Waals surface area contributed by atoms with Crippen molar-refractivity contribution in [3.05, 3.63) is 34.9 Å². The van der Waals surface area contributed by atoms with Gasteiger partial charge in [-0.1, -0.05) is 26.0 Å². The van der Waals surface area contributed by atoms with Gasteiger partial charge in [0, 0.05) is 0 Å². The maximum absolute atomic E-state index is 12.2. The van der Waals surface area contributed by atoms with Crippen LogP contribution in [0.2, 0.25) is 0 Å². The molecule has 1 rings (SSSR count). The summed E-state index contributed by atoms with van der Waals surface area (Å²) in [6.07, 6.45) is -4.23. The molecule has 0 aliphatic carbocycles. The van der Waals surface area contributed by atoms with E-state index in [1.165, 1.54) is 13.0 Å². The summed E-state index contributed by atoms with van der Waals surface area (Å²) in [5.74, 6) is 0. The Morgan fingerprint density at radius 1 is 1.00 bits per heavy atom. The number of rotatable bonds is 0. The molecule has 0 aromatic heterocycles. The van der Waals surface area contributed by atoms with Crippen molar-refractivity contribution in [2.24, 2.45) is 0 Å². The third-order valence-electron chi connectivity index (χ3n) is 1.91. The fourth-order valence-electron chi connectivity index (χ4n) is 1.06. The molecular weight excluding hydrogens is 189 g/mol. The van der Waals surface area contributed by atoms with Gasteiger partial charge in [-0.05, 0) is 31.0 Å². The minimum absolute atomic E-state index is 0.310. The van der Waals surface area contributed by atoms with E-state index in [0.29, 0.717) is 11.1 Å². The van der Waals surface area contributed by atoms with Gasteiger partial charge in [-0.25, -0.2) is 0 Å². The van der Waals surface area contributed by atoms with Gasteiger partial charge in [-0.2, -0.15) is 13.2 Å². The summed E-state index contributed by atoms with van der Waals surface area (Å²) in [5, 5.41) is 0. The van der Waals surface area contributed by atoms with Gasteiger partial charge in [0.2, 0.25) is 0 Å².